The summed E-state index contributed by atoms with van der Waals surface area (Å²) in [6.45, 7) is 6.68. The maximum atomic E-state index is 13.1. The molecule has 0 aliphatic carbocycles. The topological polar surface area (TPSA) is 0 Å². The summed E-state index contributed by atoms with van der Waals surface area (Å²) in [5.74, 6) is -0.316. The van der Waals surface area contributed by atoms with Crippen molar-refractivity contribution in [3.63, 3.8) is 0 Å². The molecule has 0 radical (unpaired) electrons. The third kappa shape index (κ3) is 3.67. The van der Waals surface area contributed by atoms with E-state index >= 15 is 0 Å². The second kappa shape index (κ2) is 6.50. The van der Waals surface area contributed by atoms with Crippen LogP contribution in [0.5, 0.6) is 0 Å². The minimum atomic E-state index is -0.316. The molecule has 21 heavy (non-hydrogen) atoms. The largest absolute Gasteiger partial charge is 0.207 e. The van der Waals surface area contributed by atoms with E-state index < -0.39 is 0 Å². The Bertz CT molecular complexity index is 620. The van der Waals surface area contributed by atoms with Crippen molar-refractivity contribution in [1.29, 1.82) is 0 Å². The first-order valence-corrected chi connectivity index (χ1v) is 8.34. The molecule has 0 aliphatic rings. The van der Waals surface area contributed by atoms with Crippen LogP contribution in [0, 0.1) is 5.82 Å². The molecule has 3 heteroatoms. The van der Waals surface area contributed by atoms with Gasteiger partial charge in [0.2, 0.25) is 0 Å². The Morgan fingerprint density at radius 1 is 1.14 bits per heavy atom. The molecule has 1 atom stereocenters. The van der Waals surface area contributed by atoms with Gasteiger partial charge in [0.1, 0.15) is 5.82 Å². The van der Waals surface area contributed by atoms with Crippen LogP contribution in [0.25, 0.3) is 0 Å². The lowest BCUT2D eigenvalue weighted by molar-refractivity contribution is 0.506. The van der Waals surface area contributed by atoms with Gasteiger partial charge >= 0.3 is 0 Å². The van der Waals surface area contributed by atoms with Gasteiger partial charge in [-0.1, -0.05) is 78.6 Å². The van der Waals surface area contributed by atoms with E-state index in [0.717, 1.165) is 17.5 Å². The van der Waals surface area contributed by atoms with Crippen LogP contribution in [0.2, 0.25) is 5.02 Å². The van der Waals surface area contributed by atoms with Crippen molar-refractivity contribution >= 4 is 27.5 Å². The fourth-order valence-corrected chi connectivity index (χ4v) is 3.31. The second-order valence-corrected chi connectivity index (χ2v) is 7.21. The van der Waals surface area contributed by atoms with Gasteiger partial charge in [-0.2, -0.15) is 0 Å². The van der Waals surface area contributed by atoms with E-state index in [-0.39, 0.29) is 16.1 Å². The molecule has 1 unspecified atom stereocenters. The zero-order valence-corrected chi connectivity index (χ0v) is 14.8. The first-order valence-electron chi connectivity index (χ1n) is 7.04. The lowest BCUT2D eigenvalue weighted by Gasteiger charge is -2.24. The third-order valence-electron chi connectivity index (χ3n) is 4.10. The number of benzene rings is 2. The Morgan fingerprint density at radius 3 is 2.29 bits per heavy atom. The first-order chi connectivity index (χ1) is 9.85. The predicted octanol–water partition coefficient (Wildman–Crippen LogP) is 6.65. The minimum absolute atomic E-state index is 0.0376. The van der Waals surface area contributed by atoms with E-state index in [4.69, 9.17) is 11.6 Å². The van der Waals surface area contributed by atoms with Gasteiger partial charge in [0, 0.05) is 5.02 Å². The summed E-state index contributed by atoms with van der Waals surface area (Å²) in [5, 5.41) is 0.440. The number of alkyl halides is 1. The summed E-state index contributed by atoms with van der Waals surface area (Å²) in [6, 6.07) is 13.0. The van der Waals surface area contributed by atoms with Gasteiger partial charge in [0.25, 0.3) is 0 Å². The SMILES string of the molecule is CCC(C)(C)c1ccc(C(Br)c2ccc(F)cc2Cl)cc1. The van der Waals surface area contributed by atoms with Crippen LogP contribution in [-0.4, -0.2) is 0 Å². The van der Waals surface area contributed by atoms with Crippen molar-refractivity contribution < 1.29 is 4.39 Å². The lowest BCUT2D eigenvalue weighted by atomic mass is 9.82. The van der Waals surface area contributed by atoms with Gasteiger partial charge in [-0.05, 0) is 40.7 Å². The summed E-state index contributed by atoms with van der Waals surface area (Å²) >= 11 is 9.79. The summed E-state index contributed by atoms with van der Waals surface area (Å²) < 4.78 is 13.1. The highest BCUT2D eigenvalue weighted by molar-refractivity contribution is 9.09. The summed E-state index contributed by atoms with van der Waals surface area (Å²) in [7, 11) is 0. The van der Waals surface area contributed by atoms with Crippen LogP contribution in [0.15, 0.2) is 42.5 Å². The summed E-state index contributed by atoms with van der Waals surface area (Å²) in [5.41, 5.74) is 3.48. The molecular formula is C18H19BrClF. The highest BCUT2D eigenvalue weighted by Crippen LogP contribution is 2.36. The maximum Gasteiger partial charge on any atom is 0.124 e. The monoisotopic (exact) mass is 368 g/mol. The van der Waals surface area contributed by atoms with Crippen molar-refractivity contribution in [2.45, 2.75) is 37.4 Å². The van der Waals surface area contributed by atoms with Gasteiger partial charge < -0.3 is 0 Å². The Balaban J connectivity index is 2.30. The van der Waals surface area contributed by atoms with Crippen LogP contribution in [0.3, 0.4) is 0 Å². The maximum absolute atomic E-state index is 13.1. The molecular weight excluding hydrogens is 351 g/mol. The van der Waals surface area contributed by atoms with Crippen molar-refractivity contribution in [3.05, 3.63) is 70.0 Å². The van der Waals surface area contributed by atoms with Crippen molar-refractivity contribution in [3.8, 4) is 0 Å². The molecule has 0 amide bonds. The number of hydrogen-bond donors (Lipinski definition) is 0. The Kier molecular flexibility index (Phi) is 5.11. The van der Waals surface area contributed by atoms with Crippen LogP contribution >= 0.6 is 27.5 Å². The number of hydrogen-bond acceptors (Lipinski definition) is 0. The zero-order chi connectivity index (χ0) is 15.6. The Hall–Kier alpha value is -0.860. The number of halogens is 3. The quantitative estimate of drug-likeness (QED) is 0.529. The van der Waals surface area contributed by atoms with Gasteiger partial charge in [-0.25, -0.2) is 4.39 Å². The molecule has 112 valence electrons. The molecule has 0 saturated heterocycles. The normalized spacial score (nSPS) is 13.2. The molecule has 2 aromatic rings. The van der Waals surface area contributed by atoms with E-state index in [2.05, 4.69) is 61.0 Å². The van der Waals surface area contributed by atoms with Gasteiger partial charge in [0.05, 0.1) is 4.83 Å². The lowest BCUT2D eigenvalue weighted by Crippen LogP contribution is -2.15. The molecule has 0 heterocycles. The van der Waals surface area contributed by atoms with E-state index in [1.165, 1.54) is 17.7 Å². The molecule has 0 spiro atoms. The van der Waals surface area contributed by atoms with E-state index in [0.29, 0.717) is 5.02 Å². The first kappa shape index (κ1) is 16.5. The van der Waals surface area contributed by atoms with E-state index in [1.807, 2.05) is 0 Å². The Labute approximate surface area is 139 Å². The van der Waals surface area contributed by atoms with E-state index in [9.17, 15) is 4.39 Å². The molecule has 0 aliphatic heterocycles. The zero-order valence-electron chi connectivity index (χ0n) is 12.5. The van der Waals surface area contributed by atoms with Crippen LogP contribution in [0.4, 0.5) is 4.39 Å². The molecule has 0 N–H and O–H groups in total. The molecule has 0 nitrogen and oxygen atoms in total. The van der Waals surface area contributed by atoms with Crippen LogP contribution < -0.4 is 0 Å². The van der Waals surface area contributed by atoms with Crippen LogP contribution in [-0.2, 0) is 5.41 Å². The van der Waals surface area contributed by atoms with Gasteiger partial charge in [-0.15, -0.1) is 0 Å². The van der Waals surface area contributed by atoms with Gasteiger partial charge in [-0.3, -0.25) is 0 Å². The Morgan fingerprint density at radius 2 is 1.76 bits per heavy atom. The number of rotatable bonds is 4. The summed E-state index contributed by atoms with van der Waals surface area (Å²) in [4.78, 5) is -0.0376. The van der Waals surface area contributed by atoms with Crippen molar-refractivity contribution in [1.82, 2.24) is 0 Å². The van der Waals surface area contributed by atoms with E-state index in [1.54, 1.807) is 6.07 Å². The van der Waals surface area contributed by atoms with Crippen molar-refractivity contribution in [2.75, 3.05) is 0 Å². The highest BCUT2D eigenvalue weighted by atomic mass is 79.9. The van der Waals surface area contributed by atoms with Crippen LogP contribution in [0.1, 0.15) is 48.7 Å². The fourth-order valence-electron chi connectivity index (χ4n) is 2.19. The fraction of sp³-hybridized carbons (Fsp3) is 0.333. The molecule has 0 aromatic heterocycles. The van der Waals surface area contributed by atoms with Gasteiger partial charge in [0.15, 0.2) is 0 Å². The highest BCUT2D eigenvalue weighted by Gasteiger charge is 2.19. The molecule has 0 bridgehead atoms. The average molecular weight is 370 g/mol. The smallest absolute Gasteiger partial charge is 0.124 e. The average Bonchev–Trinajstić information content (AvgIpc) is 2.47. The second-order valence-electron chi connectivity index (χ2n) is 5.89. The minimum Gasteiger partial charge on any atom is -0.207 e. The predicted molar refractivity (Wildman–Crippen MR) is 91.9 cm³/mol. The molecule has 2 aromatic carbocycles. The molecule has 2 rings (SSSR count). The third-order valence-corrected chi connectivity index (χ3v) is 5.45. The summed E-state index contributed by atoms with van der Waals surface area (Å²) in [6.07, 6.45) is 1.09. The molecule has 0 fully saturated rings. The standard InChI is InChI=1S/C18H19BrClF/c1-4-18(2,3)13-7-5-12(6-8-13)17(19)15-10-9-14(21)11-16(15)20/h5-11,17H,4H2,1-3H3. The molecule has 0 saturated carbocycles. The van der Waals surface area contributed by atoms with Crippen molar-refractivity contribution in [2.24, 2.45) is 0 Å².